The van der Waals surface area contributed by atoms with E-state index in [1.165, 1.54) is 17.4 Å². The Morgan fingerprint density at radius 3 is 2.46 bits per heavy atom. The molecule has 2 amide bonds. The lowest BCUT2D eigenvalue weighted by Crippen LogP contribution is -2.35. The van der Waals surface area contributed by atoms with Gasteiger partial charge in [0.15, 0.2) is 0 Å². The Bertz CT molecular complexity index is 859. The molecule has 1 aliphatic rings. The number of halogens is 2. The molecule has 2 heterocycles. The van der Waals surface area contributed by atoms with Crippen LogP contribution in [0.2, 0.25) is 0 Å². The highest BCUT2D eigenvalue weighted by molar-refractivity contribution is 7.17. The molecule has 138 valence electrons. The van der Waals surface area contributed by atoms with Gasteiger partial charge in [-0.15, -0.1) is 11.3 Å². The quantitative estimate of drug-likeness (QED) is 0.857. The zero-order valence-electron chi connectivity index (χ0n) is 14.4. The predicted molar refractivity (Wildman–Crippen MR) is 96.4 cm³/mol. The van der Waals surface area contributed by atoms with Gasteiger partial charge in [0.2, 0.25) is 0 Å². The summed E-state index contributed by atoms with van der Waals surface area (Å²) in [5.41, 5.74) is 5.87. The smallest absolute Gasteiger partial charge is 0.262 e. The Morgan fingerprint density at radius 2 is 1.88 bits per heavy atom. The number of rotatable bonds is 4. The maximum atomic E-state index is 13.8. The van der Waals surface area contributed by atoms with Gasteiger partial charge in [-0.05, 0) is 38.0 Å². The number of carbonyl (C=O) groups excluding carboxylic acids is 2. The summed E-state index contributed by atoms with van der Waals surface area (Å²) >= 11 is 1.23. The Hall–Kier alpha value is -2.32. The first-order chi connectivity index (χ1) is 12.3. The van der Waals surface area contributed by atoms with Crippen LogP contribution in [0.5, 0.6) is 0 Å². The van der Waals surface area contributed by atoms with Crippen molar-refractivity contribution in [3.05, 3.63) is 51.4 Å². The Balaban J connectivity index is 1.96. The third-order valence-corrected chi connectivity index (χ3v) is 5.61. The number of nitrogens with two attached hydrogens (primary N) is 1. The van der Waals surface area contributed by atoms with E-state index in [4.69, 9.17) is 5.73 Å². The van der Waals surface area contributed by atoms with E-state index in [0.717, 1.165) is 29.1 Å². The van der Waals surface area contributed by atoms with Crippen LogP contribution in [0.4, 0.5) is 13.8 Å². The van der Waals surface area contributed by atoms with E-state index in [1.807, 2.05) is 0 Å². The van der Waals surface area contributed by atoms with E-state index in [-0.39, 0.29) is 10.6 Å². The van der Waals surface area contributed by atoms with Gasteiger partial charge < -0.3 is 11.1 Å². The number of nitrogens with zero attached hydrogens (tertiary/aromatic N) is 1. The molecule has 0 radical (unpaired) electrons. The van der Waals surface area contributed by atoms with Crippen molar-refractivity contribution >= 4 is 28.2 Å². The molecule has 1 aliphatic heterocycles. The summed E-state index contributed by atoms with van der Waals surface area (Å²) in [6.45, 7) is 5.58. The van der Waals surface area contributed by atoms with Crippen LogP contribution < -0.4 is 11.1 Å². The normalized spacial score (nSPS) is 14.3. The maximum Gasteiger partial charge on any atom is 0.262 e. The van der Waals surface area contributed by atoms with Crippen LogP contribution in [0.15, 0.2) is 18.2 Å². The third-order valence-electron chi connectivity index (χ3n) is 4.48. The van der Waals surface area contributed by atoms with Crippen LogP contribution in [0.3, 0.4) is 0 Å². The van der Waals surface area contributed by atoms with Gasteiger partial charge in [0.1, 0.15) is 22.2 Å². The van der Waals surface area contributed by atoms with Crippen molar-refractivity contribution in [2.75, 3.05) is 11.9 Å². The number of fused-ring (bicyclic) bond motifs is 1. The van der Waals surface area contributed by atoms with E-state index in [2.05, 4.69) is 24.1 Å². The number of hydrogen-bond donors (Lipinski definition) is 2. The lowest BCUT2D eigenvalue weighted by atomic mass is 10.0. The first-order valence-electron chi connectivity index (χ1n) is 8.23. The van der Waals surface area contributed by atoms with Crippen LogP contribution in [0.25, 0.3) is 0 Å². The second-order valence-electron chi connectivity index (χ2n) is 6.44. The summed E-state index contributed by atoms with van der Waals surface area (Å²) in [4.78, 5) is 27.5. The molecule has 0 bridgehead atoms. The molecule has 1 aromatic carbocycles. The summed E-state index contributed by atoms with van der Waals surface area (Å²) in [7, 11) is 0. The lowest BCUT2D eigenvalue weighted by Gasteiger charge is -2.30. The number of benzene rings is 1. The predicted octanol–water partition coefficient (Wildman–Crippen LogP) is 3.14. The van der Waals surface area contributed by atoms with E-state index in [9.17, 15) is 18.4 Å². The minimum Gasteiger partial charge on any atom is -0.365 e. The van der Waals surface area contributed by atoms with Crippen LogP contribution in [0.1, 0.15) is 45.0 Å². The molecule has 0 spiro atoms. The average molecular weight is 379 g/mol. The third kappa shape index (κ3) is 3.34. The van der Waals surface area contributed by atoms with Crippen molar-refractivity contribution in [3.8, 4) is 0 Å². The van der Waals surface area contributed by atoms with Crippen LogP contribution in [-0.2, 0) is 13.0 Å². The second-order valence-corrected chi connectivity index (χ2v) is 7.54. The largest absolute Gasteiger partial charge is 0.365 e. The standard InChI is InChI=1S/C18H19F2N3O2S/c1-9(2)23-7-6-10-13(8-23)26-18(14(10)16(21)24)22-17(25)15-11(19)4-3-5-12(15)20/h3-5,9H,6-8H2,1-2H3,(H2,21,24)(H,22,25). The number of amides is 2. The van der Waals surface area contributed by atoms with Crippen LogP contribution in [-0.4, -0.2) is 29.3 Å². The van der Waals surface area contributed by atoms with Crippen molar-refractivity contribution in [2.24, 2.45) is 5.73 Å². The monoisotopic (exact) mass is 379 g/mol. The van der Waals surface area contributed by atoms with Gasteiger partial charge in [0.05, 0.1) is 5.56 Å². The Kier molecular flexibility index (Phi) is 5.06. The summed E-state index contributed by atoms with van der Waals surface area (Å²) in [6.07, 6.45) is 0.631. The summed E-state index contributed by atoms with van der Waals surface area (Å²) in [5, 5.41) is 2.71. The number of hydrogen-bond acceptors (Lipinski definition) is 4. The first kappa shape index (κ1) is 18.5. The number of nitrogens with one attached hydrogen (secondary N) is 1. The van der Waals surface area contributed by atoms with E-state index in [0.29, 0.717) is 19.0 Å². The number of thiophene rings is 1. The molecule has 1 aromatic heterocycles. The van der Waals surface area contributed by atoms with E-state index in [1.54, 1.807) is 0 Å². The van der Waals surface area contributed by atoms with Gasteiger partial charge in [-0.2, -0.15) is 0 Å². The van der Waals surface area contributed by atoms with E-state index < -0.39 is 29.0 Å². The summed E-state index contributed by atoms with van der Waals surface area (Å²) in [6, 6.07) is 3.54. The van der Waals surface area contributed by atoms with Gasteiger partial charge >= 0.3 is 0 Å². The molecule has 3 rings (SSSR count). The molecular formula is C18H19F2N3O2S. The summed E-state index contributed by atoms with van der Waals surface area (Å²) < 4.78 is 27.7. The molecule has 2 aromatic rings. The van der Waals surface area contributed by atoms with Gasteiger partial charge in [-0.25, -0.2) is 8.78 Å². The molecule has 26 heavy (non-hydrogen) atoms. The molecule has 5 nitrogen and oxygen atoms in total. The number of anilines is 1. The Morgan fingerprint density at radius 1 is 1.23 bits per heavy atom. The van der Waals surface area contributed by atoms with Gasteiger partial charge in [-0.3, -0.25) is 14.5 Å². The van der Waals surface area contributed by atoms with Crippen molar-refractivity contribution in [1.82, 2.24) is 4.90 Å². The molecule has 0 atom stereocenters. The topological polar surface area (TPSA) is 75.4 Å². The second kappa shape index (κ2) is 7.13. The molecule has 0 unspecified atom stereocenters. The molecule has 3 N–H and O–H groups in total. The van der Waals surface area contributed by atoms with Crippen molar-refractivity contribution < 1.29 is 18.4 Å². The number of primary amides is 1. The zero-order chi connectivity index (χ0) is 19.0. The van der Waals surface area contributed by atoms with Gasteiger partial charge in [-0.1, -0.05) is 6.07 Å². The highest BCUT2D eigenvalue weighted by Gasteiger charge is 2.29. The summed E-state index contributed by atoms with van der Waals surface area (Å²) in [5.74, 6) is -3.53. The highest BCUT2D eigenvalue weighted by atomic mass is 32.1. The van der Waals surface area contributed by atoms with E-state index >= 15 is 0 Å². The van der Waals surface area contributed by atoms with Gasteiger partial charge in [0.25, 0.3) is 11.8 Å². The fraction of sp³-hybridized carbons (Fsp3) is 0.333. The molecule has 0 saturated heterocycles. The molecular weight excluding hydrogens is 360 g/mol. The van der Waals surface area contributed by atoms with Crippen LogP contribution in [0, 0.1) is 11.6 Å². The molecule has 0 fully saturated rings. The minimum absolute atomic E-state index is 0.235. The lowest BCUT2D eigenvalue weighted by molar-refractivity contribution is 0.0999. The SMILES string of the molecule is CC(C)N1CCc2c(sc(NC(=O)c3c(F)cccc3F)c2C(N)=O)C1. The minimum atomic E-state index is -0.963. The molecule has 8 heteroatoms. The molecule has 0 aliphatic carbocycles. The highest BCUT2D eigenvalue weighted by Crippen LogP contribution is 2.37. The van der Waals surface area contributed by atoms with Gasteiger partial charge in [0, 0.05) is 24.0 Å². The average Bonchev–Trinajstić information content (AvgIpc) is 2.91. The van der Waals surface area contributed by atoms with Crippen molar-refractivity contribution in [2.45, 2.75) is 32.9 Å². The fourth-order valence-electron chi connectivity index (χ4n) is 3.09. The Labute approximate surface area is 153 Å². The zero-order valence-corrected chi connectivity index (χ0v) is 15.3. The van der Waals surface area contributed by atoms with Crippen LogP contribution >= 0.6 is 11.3 Å². The first-order valence-corrected chi connectivity index (χ1v) is 9.05. The number of carbonyl (C=O) groups is 2. The maximum absolute atomic E-state index is 13.8. The van der Waals surface area contributed by atoms with Crippen molar-refractivity contribution in [1.29, 1.82) is 0 Å². The fourth-order valence-corrected chi connectivity index (χ4v) is 4.37. The molecule has 0 saturated carbocycles. The van der Waals surface area contributed by atoms with Crippen molar-refractivity contribution in [3.63, 3.8) is 0 Å².